The summed E-state index contributed by atoms with van der Waals surface area (Å²) in [5, 5.41) is 7.92. The average Bonchev–Trinajstić information content (AvgIpc) is 3.00. The molecule has 0 bridgehead atoms. The lowest BCUT2D eigenvalue weighted by molar-refractivity contribution is -0.125. The van der Waals surface area contributed by atoms with Gasteiger partial charge in [0.25, 0.3) is 0 Å². The first-order valence-electron chi connectivity index (χ1n) is 7.18. The van der Waals surface area contributed by atoms with Crippen LogP contribution in [0.25, 0.3) is 11.3 Å². The van der Waals surface area contributed by atoms with E-state index in [0.29, 0.717) is 11.6 Å². The first kappa shape index (κ1) is 17.5. The van der Waals surface area contributed by atoms with Crippen LogP contribution < -0.4 is 10.6 Å². The maximum atomic E-state index is 12.3. The number of carbonyl (C=O) groups excluding carboxylic acids is 2. The van der Waals surface area contributed by atoms with Gasteiger partial charge in [0, 0.05) is 17.9 Å². The maximum Gasteiger partial charge on any atom is 0.248 e. The topological polar surface area (TPSA) is 71.1 Å². The van der Waals surface area contributed by atoms with E-state index in [9.17, 15) is 9.59 Å². The Balaban J connectivity index is 2.03. The molecule has 2 amide bonds. The Morgan fingerprint density at radius 2 is 2.04 bits per heavy atom. The fraction of sp³-hybridized carbons (Fsp3) is 0.312. The SMILES string of the molecule is CSCC[C@H](NC(C)=O)C(=O)Nc1nc(-c2ccccc2)cs1. The molecule has 0 saturated carbocycles. The molecule has 7 heteroatoms. The number of rotatable bonds is 7. The van der Waals surface area contributed by atoms with Crippen LogP contribution in [-0.2, 0) is 9.59 Å². The molecule has 2 rings (SSSR count). The minimum atomic E-state index is -0.538. The number of thioether (sulfide) groups is 1. The van der Waals surface area contributed by atoms with E-state index >= 15 is 0 Å². The van der Waals surface area contributed by atoms with Crippen LogP contribution >= 0.6 is 23.1 Å². The number of thiazole rings is 1. The van der Waals surface area contributed by atoms with Gasteiger partial charge in [-0.25, -0.2) is 4.98 Å². The second-order valence-corrected chi connectivity index (χ2v) is 6.77. The van der Waals surface area contributed by atoms with Crippen LogP contribution in [-0.4, -0.2) is 34.8 Å². The fourth-order valence-electron chi connectivity index (χ4n) is 2.02. The molecule has 1 aromatic carbocycles. The van der Waals surface area contributed by atoms with Gasteiger partial charge in [-0.3, -0.25) is 9.59 Å². The molecular formula is C16H19N3O2S2. The van der Waals surface area contributed by atoms with Gasteiger partial charge < -0.3 is 10.6 Å². The van der Waals surface area contributed by atoms with Crippen molar-refractivity contribution in [1.29, 1.82) is 0 Å². The monoisotopic (exact) mass is 349 g/mol. The predicted octanol–water partition coefficient (Wildman–Crippen LogP) is 3.01. The van der Waals surface area contributed by atoms with Crippen molar-refractivity contribution in [1.82, 2.24) is 10.3 Å². The van der Waals surface area contributed by atoms with Crippen molar-refractivity contribution in [2.24, 2.45) is 0 Å². The van der Waals surface area contributed by atoms with Crippen molar-refractivity contribution in [2.45, 2.75) is 19.4 Å². The minimum Gasteiger partial charge on any atom is -0.345 e. The molecule has 2 aromatic rings. The quantitative estimate of drug-likeness (QED) is 0.806. The highest BCUT2D eigenvalue weighted by molar-refractivity contribution is 7.98. The van der Waals surface area contributed by atoms with E-state index in [4.69, 9.17) is 0 Å². The molecule has 0 saturated heterocycles. The number of hydrogen-bond acceptors (Lipinski definition) is 5. The summed E-state index contributed by atoms with van der Waals surface area (Å²) in [6.45, 7) is 1.41. The van der Waals surface area contributed by atoms with Gasteiger partial charge in [-0.15, -0.1) is 11.3 Å². The smallest absolute Gasteiger partial charge is 0.248 e. The Bertz CT molecular complexity index is 658. The predicted molar refractivity (Wildman–Crippen MR) is 96.8 cm³/mol. The van der Waals surface area contributed by atoms with Crippen molar-refractivity contribution in [2.75, 3.05) is 17.3 Å². The summed E-state index contributed by atoms with van der Waals surface area (Å²) in [6, 6.07) is 9.24. The Hall–Kier alpha value is -1.86. The second-order valence-electron chi connectivity index (χ2n) is 4.93. The molecule has 5 nitrogen and oxygen atoms in total. The lowest BCUT2D eigenvalue weighted by atomic mass is 10.2. The van der Waals surface area contributed by atoms with E-state index in [1.54, 1.807) is 11.8 Å². The molecule has 1 aromatic heterocycles. The summed E-state index contributed by atoms with van der Waals surface area (Å²) in [4.78, 5) is 28.0. The van der Waals surface area contributed by atoms with Crippen molar-refractivity contribution in [3.8, 4) is 11.3 Å². The molecule has 1 atom stereocenters. The van der Waals surface area contributed by atoms with Gasteiger partial charge in [0.05, 0.1) is 5.69 Å². The molecule has 0 radical (unpaired) electrons. The van der Waals surface area contributed by atoms with E-state index in [2.05, 4.69) is 15.6 Å². The number of nitrogens with zero attached hydrogens (tertiary/aromatic N) is 1. The molecule has 0 unspecified atom stereocenters. The van der Waals surface area contributed by atoms with Gasteiger partial charge in [0.1, 0.15) is 6.04 Å². The van der Waals surface area contributed by atoms with Crippen molar-refractivity contribution < 1.29 is 9.59 Å². The number of amides is 2. The summed E-state index contributed by atoms with van der Waals surface area (Å²) in [5.41, 5.74) is 1.83. The van der Waals surface area contributed by atoms with Gasteiger partial charge in [-0.2, -0.15) is 11.8 Å². The van der Waals surface area contributed by atoms with E-state index in [1.807, 2.05) is 42.0 Å². The van der Waals surface area contributed by atoms with E-state index < -0.39 is 6.04 Å². The van der Waals surface area contributed by atoms with Crippen molar-refractivity contribution >= 4 is 40.0 Å². The van der Waals surface area contributed by atoms with Crippen molar-refractivity contribution in [3.05, 3.63) is 35.7 Å². The highest BCUT2D eigenvalue weighted by Gasteiger charge is 2.20. The molecule has 2 N–H and O–H groups in total. The first-order valence-corrected chi connectivity index (χ1v) is 9.45. The zero-order valence-electron chi connectivity index (χ0n) is 13.0. The van der Waals surface area contributed by atoms with Crippen LogP contribution in [0.3, 0.4) is 0 Å². The molecular weight excluding hydrogens is 330 g/mol. The zero-order valence-corrected chi connectivity index (χ0v) is 14.7. The maximum absolute atomic E-state index is 12.3. The van der Waals surface area contributed by atoms with Crippen LogP contribution in [0.4, 0.5) is 5.13 Å². The van der Waals surface area contributed by atoms with Crippen LogP contribution in [0.1, 0.15) is 13.3 Å². The molecule has 0 fully saturated rings. The third-order valence-electron chi connectivity index (χ3n) is 3.11. The number of hydrogen-bond donors (Lipinski definition) is 2. The number of aromatic nitrogens is 1. The Morgan fingerprint density at radius 1 is 1.30 bits per heavy atom. The van der Waals surface area contributed by atoms with Crippen LogP contribution in [0.15, 0.2) is 35.7 Å². The lowest BCUT2D eigenvalue weighted by Gasteiger charge is -2.16. The van der Waals surface area contributed by atoms with E-state index in [0.717, 1.165) is 17.0 Å². The Kier molecular flexibility index (Phi) is 6.61. The third-order valence-corrected chi connectivity index (χ3v) is 4.51. The summed E-state index contributed by atoms with van der Waals surface area (Å²) >= 11 is 3.01. The van der Waals surface area contributed by atoms with E-state index in [-0.39, 0.29) is 11.8 Å². The van der Waals surface area contributed by atoms with E-state index in [1.165, 1.54) is 18.3 Å². The molecule has 0 aliphatic carbocycles. The molecule has 1 heterocycles. The second kappa shape index (κ2) is 8.69. The van der Waals surface area contributed by atoms with Crippen LogP contribution in [0.2, 0.25) is 0 Å². The molecule has 0 aliphatic heterocycles. The summed E-state index contributed by atoms with van der Waals surface area (Å²) in [5.74, 6) is 0.351. The molecule has 122 valence electrons. The van der Waals surface area contributed by atoms with Crippen LogP contribution in [0.5, 0.6) is 0 Å². The lowest BCUT2D eigenvalue weighted by Crippen LogP contribution is -2.43. The number of nitrogens with one attached hydrogen (secondary N) is 2. The summed E-state index contributed by atoms with van der Waals surface area (Å²) in [7, 11) is 0. The highest BCUT2D eigenvalue weighted by Crippen LogP contribution is 2.24. The minimum absolute atomic E-state index is 0.213. The standard InChI is InChI=1S/C16H19N3O2S2/c1-11(20)17-13(8-9-22-2)15(21)19-16-18-14(10-23-16)12-6-4-3-5-7-12/h3-7,10,13H,8-9H2,1-2H3,(H,17,20)(H,18,19,21)/t13-/m0/s1. The molecule has 0 aliphatic rings. The number of carbonyl (C=O) groups is 2. The number of anilines is 1. The fourth-order valence-corrected chi connectivity index (χ4v) is 3.21. The van der Waals surface area contributed by atoms with Crippen molar-refractivity contribution in [3.63, 3.8) is 0 Å². The normalized spacial score (nSPS) is 11.7. The van der Waals surface area contributed by atoms with Crippen LogP contribution in [0, 0.1) is 0 Å². The molecule has 23 heavy (non-hydrogen) atoms. The first-order chi connectivity index (χ1) is 11.1. The van der Waals surface area contributed by atoms with Gasteiger partial charge in [-0.1, -0.05) is 30.3 Å². The Morgan fingerprint density at radius 3 is 2.70 bits per heavy atom. The van der Waals surface area contributed by atoms with Gasteiger partial charge >= 0.3 is 0 Å². The molecule has 0 spiro atoms. The summed E-state index contributed by atoms with van der Waals surface area (Å²) < 4.78 is 0. The van der Waals surface area contributed by atoms with Gasteiger partial charge in [-0.05, 0) is 18.4 Å². The highest BCUT2D eigenvalue weighted by atomic mass is 32.2. The number of benzene rings is 1. The Labute approximate surface area is 143 Å². The average molecular weight is 349 g/mol. The van der Waals surface area contributed by atoms with Gasteiger partial charge in [0.2, 0.25) is 11.8 Å². The largest absolute Gasteiger partial charge is 0.345 e. The zero-order chi connectivity index (χ0) is 16.7. The van der Waals surface area contributed by atoms with Gasteiger partial charge in [0.15, 0.2) is 5.13 Å². The summed E-state index contributed by atoms with van der Waals surface area (Å²) in [6.07, 6.45) is 2.55. The third kappa shape index (κ3) is 5.37.